The van der Waals surface area contributed by atoms with E-state index in [-0.39, 0.29) is 0 Å². The molecule has 0 atom stereocenters. The number of aromatic nitrogens is 2. The van der Waals surface area contributed by atoms with E-state index in [0.717, 1.165) is 39.6 Å². The molecule has 0 spiro atoms. The van der Waals surface area contributed by atoms with Crippen LogP contribution in [-0.2, 0) is 0 Å². The molecule has 4 aromatic rings. The predicted octanol–water partition coefficient (Wildman–Crippen LogP) is 5.38. The summed E-state index contributed by atoms with van der Waals surface area (Å²) in [5, 5.41) is 19.5. The van der Waals surface area contributed by atoms with Crippen molar-refractivity contribution >= 4 is 11.5 Å². The highest BCUT2D eigenvalue weighted by molar-refractivity contribution is 5.75. The molecule has 2 N–H and O–H groups in total. The Bertz CT molecular complexity index is 1190. The Morgan fingerprint density at radius 1 is 0.867 bits per heavy atom. The van der Waals surface area contributed by atoms with E-state index in [1.54, 1.807) is 26.4 Å². The van der Waals surface area contributed by atoms with Crippen LogP contribution < -0.4 is 14.8 Å². The number of H-pyrrole nitrogens is 1. The number of methoxy groups -OCH3 is 2. The zero-order valence-electron chi connectivity index (χ0n) is 16.6. The number of nitriles is 1. The van der Waals surface area contributed by atoms with Gasteiger partial charge in [-0.05, 0) is 47.5 Å². The largest absolute Gasteiger partial charge is 0.497 e. The van der Waals surface area contributed by atoms with Crippen LogP contribution in [0.3, 0.4) is 0 Å². The highest BCUT2D eigenvalue weighted by Gasteiger charge is 2.09. The van der Waals surface area contributed by atoms with E-state index in [2.05, 4.69) is 21.6 Å². The minimum Gasteiger partial charge on any atom is -0.497 e. The van der Waals surface area contributed by atoms with Crippen molar-refractivity contribution in [1.82, 2.24) is 10.2 Å². The molecule has 0 aliphatic rings. The van der Waals surface area contributed by atoms with Crippen LogP contribution in [0.1, 0.15) is 5.56 Å². The second kappa shape index (κ2) is 8.41. The third-order valence-corrected chi connectivity index (χ3v) is 4.78. The van der Waals surface area contributed by atoms with Crippen LogP contribution in [0.4, 0.5) is 11.5 Å². The lowest BCUT2D eigenvalue weighted by Gasteiger charge is -2.11. The van der Waals surface area contributed by atoms with Gasteiger partial charge >= 0.3 is 0 Å². The van der Waals surface area contributed by atoms with E-state index in [1.165, 1.54) is 0 Å². The minimum absolute atomic E-state index is 0.622. The van der Waals surface area contributed by atoms with Crippen LogP contribution in [0, 0.1) is 11.3 Å². The lowest BCUT2D eigenvalue weighted by atomic mass is 10.0. The topological polar surface area (TPSA) is 83.0 Å². The number of anilines is 2. The van der Waals surface area contributed by atoms with Gasteiger partial charge in [0.25, 0.3) is 0 Å². The zero-order chi connectivity index (χ0) is 20.9. The van der Waals surface area contributed by atoms with Crippen LogP contribution in [0.25, 0.3) is 22.4 Å². The fraction of sp³-hybridized carbons (Fsp3) is 0.0833. The smallest absolute Gasteiger partial charge is 0.152 e. The molecular weight excluding hydrogens is 376 g/mol. The van der Waals surface area contributed by atoms with Crippen LogP contribution in [0.5, 0.6) is 11.5 Å². The van der Waals surface area contributed by atoms with Crippen LogP contribution in [-0.4, -0.2) is 24.4 Å². The van der Waals surface area contributed by atoms with Crippen LogP contribution >= 0.6 is 0 Å². The first-order valence-corrected chi connectivity index (χ1v) is 9.35. The summed E-state index contributed by atoms with van der Waals surface area (Å²) in [6.07, 6.45) is 0. The molecule has 3 aromatic carbocycles. The van der Waals surface area contributed by atoms with Gasteiger partial charge in [0.15, 0.2) is 5.82 Å². The predicted molar refractivity (Wildman–Crippen MR) is 117 cm³/mol. The Labute approximate surface area is 174 Å². The third kappa shape index (κ3) is 3.96. The van der Waals surface area contributed by atoms with Gasteiger partial charge in [0.1, 0.15) is 11.5 Å². The molecule has 1 aromatic heterocycles. The van der Waals surface area contributed by atoms with Gasteiger partial charge in [-0.3, -0.25) is 5.10 Å². The Hall–Kier alpha value is -4.24. The van der Waals surface area contributed by atoms with Crippen LogP contribution in [0.2, 0.25) is 0 Å². The number of nitrogens with zero attached hydrogens (tertiary/aromatic N) is 2. The molecule has 6 nitrogen and oxygen atoms in total. The van der Waals surface area contributed by atoms with Gasteiger partial charge in [-0.25, -0.2) is 0 Å². The lowest BCUT2D eigenvalue weighted by molar-refractivity contribution is 0.395. The van der Waals surface area contributed by atoms with E-state index < -0.39 is 0 Å². The highest BCUT2D eigenvalue weighted by atomic mass is 16.5. The van der Waals surface area contributed by atoms with E-state index in [1.807, 2.05) is 60.7 Å². The first kappa shape index (κ1) is 19.1. The summed E-state index contributed by atoms with van der Waals surface area (Å²) in [5.74, 6) is 2.22. The van der Waals surface area contributed by atoms with Crippen molar-refractivity contribution in [2.45, 2.75) is 0 Å². The molecule has 30 heavy (non-hydrogen) atoms. The number of ether oxygens (including phenoxy) is 2. The minimum atomic E-state index is 0.622. The fourth-order valence-corrected chi connectivity index (χ4v) is 3.18. The molecule has 0 aliphatic carbocycles. The monoisotopic (exact) mass is 396 g/mol. The summed E-state index contributed by atoms with van der Waals surface area (Å²) < 4.78 is 10.8. The average molecular weight is 396 g/mol. The van der Waals surface area contributed by atoms with Crippen molar-refractivity contribution < 1.29 is 9.47 Å². The fourth-order valence-electron chi connectivity index (χ4n) is 3.18. The molecular formula is C24H20N4O2. The maximum absolute atomic E-state index is 8.89. The first-order valence-electron chi connectivity index (χ1n) is 9.35. The summed E-state index contributed by atoms with van der Waals surface area (Å²) >= 11 is 0. The van der Waals surface area contributed by atoms with Crippen LogP contribution in [0.15, 0.2) is 72.8 Å². The van der Waals surface area contributed by atoms with E-state index in [4.69, 9.17) is 14.7 Å². The normalized spacial score (nSPS) is 10.3. The molecule has 0 aliphatic heterocycles. The molecule has 1 heterocycles. The zero-order valence-corrected chi connectivity index (χ0v) is 16.6. The Balaban J connectivity index is 1.53. The van der Waals surface area contributed by atoms with Gasteiger partial charge in [-0.2, -0.15) is 10.4 Å². The number of benzene rings is 3. The Morgan fingerprint density at radius 3 is 2.27 bits per heavy atom. The number of aromatic amines is 1. The summed E-state index contributed by atoms with van der Waals surface area (Å²) in [5.41, 5.74) is 5.46. The van der Waals surface area contributed by atoms with Crippen molar-refractivity contribution in [3.8, 4) is 40.0 Å². The average Bonchev–Trinajstić information content (AvgIpc) is 3.27. The van der Waals surface area contributed by atoms with Crippen molar-refractivity contribution in [2.24, 2.45) is 0 Å². The first-order chi connectivity index (χ1) is 14.7. The summed E-state index contributed by atoms with van der Waals surface area (Å²) in [4.78, 5) is 0. The molecule has 0 radical (unpaired) electrons. The maximum Gasteiger partial charge on any atom is 0.152 e. The van der Waals surface area contributed by atoms with Gasteiger partial charge < -0.3 is 14.8 Å². The lowest BCUT2D eigenvalue weighted by Crippen LogP contribution is -1.90. The van der Waals surface area contributed by atoms with Crippen molar-refractivity contribution in [3.63, 3.8) is 0 Å². The van der Waals surface area contributed by atoms with E-state index in [9.17, 15) is 0 Å². The SMILES string of the molecule is COc1ccc(-c2ccc(-c3cc(Nc4ccc(C#N)cc4)n[nH]3)cc2)c(OC)c1. The molecule has 148 valence electrons. The Morgan fingerprint density at radius 2 is 1.60 bits per heavy atom. The summed E-state index contributed by atoms with van der Waals surface area (Å²) in [6.45, 7) is 0. The quantitative estimate of drug-likeness (QED) is 0.457. The van der Waals surface area contributed by atoms with Gasteiger partial charge in [-0.15, -0.1) is 0 Å². The summed E-state index contributed by atoms with van der Waals surface area (Å²) in [6, 6.07) is 25.2. The van der Waals surface area contributed by atoms with E-state index in [0.29, 0.717) is 11.4 Å². The van der Waals surface area contributed by atoms with Gasteiger partial charge in [0.05, 0.1) is 31.5 Å². The molecule has 0 fully saturated rings. The molecule has 0 bridgehead atoms. The third-order valence-electron chi connectivity index (χ3n) is 4.78. The van der Waals surface area contributed by atoms with Crippen molar-refractivity contribution in [3.05, 3.63) is 78.4 Å². The van der Waals surface area contributed by atoms with Crippen molar-refractivity contribution in [2.75, 3.05) is 19.5 Å². The number of hydrogen-bond donors (Lipinski definition) is 2. The Kier molecular flexibility index (Phi) is 5.35. The number of nitrogens with one attached hydrogen (secondary N) is 2. The second-order valence-corrected chi connectivity index (χ2v) is 6.62. The second-order valence-electron chi connectivity index (χ2n) is 6.62. The van der Waals surface area contributed by atoms with Gasteiger partial charge in [0.2, 0.25) is 0 Å². The van der Waals surface area contributed by atoms with Crippen molar-refractivity contribution in [1.29, 1.82) is 5.26 Å². The highest BCUT2D eigenvalue weighted by Crippen LogP contribution is 2.34. The molecule has 4 rings (SSSR count). The molecule has 0 amide bonds. The molecule has 0 saturated carbocycles. The molecule has 6 heteroatoms. The standard InChI is InChI=1S/C24H20N4O2/c1-29-20-11-12-21(23(13-20)30-2)17-5-7-18(8-6-17)22-14-24(28-27-22)26-19-9-3-16(15-25)4-10-19/h3-14H,1-2H3,(H2,26,27,28). The molecule has 0 saturated heterocycles. The number of rotatable bonds is 6. The summed E-state index contributed by atoms with van der Waals surface area (Å²) in [7, 11) is 3.29. The van der Waals surface area contributed by atoms with Gasteiger partial charge in [0, 0.05) is 23.4 Å². The van der Waals surface area contributed by atoms with Gasteiger partial charge in [-0.1, -0.05) is 24.3 Å². The van der Waals surface area contributed by atoms with E-state index >= 15 is 0 Å². The molecule has 0 unspecified atom stereocenters. The maximum atomic E-state index is 8.89. The number of hydrogen-bond acceptors (Lipinski definition) is 5.